The van der Waals surface area contributed by atoms with Crippen molar-refractivity contribution in [2.24, 2.45) is 0 Å². The van der Waals surface area contributed by atoms with Crippen LogP contribution in [-0.4, -0.2) is 36.6 Å². The van der Waals surface area contributed by atoms with Gasteiger partial charge >= 0.3 is 0 Å². The number of aromatic nitrogens is 1. The van der Waals surface area contributed by atoms with E-state index in [4.69, 9.17) is 0 Å². The molecule has 0 aliphatic heterocycles. The summed E-state index contributed by atoms with van der Waals surface area (Å²) in [6.45, 7) is 3.85. The Morgan fingerprint density at radius 1 is 1.44 bits per heavy atom. The molecule has 0 aliphatic carbocycles. The molecule has 1 N–H and O–H groups in total. The van der Waals surface area contributed by atoms with Gasteiger partial charge in [0.1, 0.15) is 5.82 Å². The van der Waals surface area contributed by atoms with Crippen molar-refractivity contribution in [3.05, 3.63) is 29.8 Å². The molecule has 3 nitrogen and oxygen atoms in total. The van der Waals surface area contributed by atoms with Crippen LogP contribution in [0.4, 0.5) is 4.39 Å². The molecule has 4 heteroatoms. The molecule has 1 atom stereocenters. The summed E-state index contributed by atoms with van der Waals surface area (Å²) in [5, 5.41) is 3.35. The van der Waals surface area contributed by atoms with Crippen LogP contribution in [0.15, 0.2) is 18.5 Å². The molecule has 90 valence electrons. The topological polar surface area (TPSA) is 28.2 Å². The molecule has 1 unspecified atom stereocenters. The number of halogens is 1. The summed E-state index contributed by atoms with van der Waals surface area (Å²) in [6.07, 6.45) is 3.99. The van der Waals surface area contributed by atoms with Crippen LogP contribution >= 0.6 is 0 Å². The Balaban J connectivity index is 2.28. The van der Waals surface area contributed by atoms with Crippen molar-refractivity contribution in [2.75, 3.05) is 20.6 Å². The number of hydrogen-bond donors (Lipinski definition) is 1. The van der Waals surface area contributed by atoms with Gasteiger partial charge in [-0.15, -0.1) is 0 Å². The Kier molecular flexibility index (Phi) is 5.35. The molecule has 0 aromatic carbocycles. The molecule has 0 bridgehead atoms. The quantitative estimate of drug-likeness (QED) is 0.798. The van der Waals surface area contributed by atoms with Crippen LogP contribution in [-0.2, 0) is 6.54 Å². The lowest BCUT2D eigenvalue weighted by molar-refractivity contribution is 0.365. The highest BCUT2D eigenvalue weighted by Gasteiger charge is 2.03. The lowest BCUT2D eigenvalue weighted by Gasteiger charge is -2.16. The molecular formula is C12H20FN3. The van der Waals surface area contributed by atoms with Crippen molar-refractivity contribution >= 4 is 0 Å². The summed E-state index contributed by atoms with van der Waals surface area (Å²) in [6, 6.07) is 1.93. The second-order valence-electron chi connectivity index (χ2n) is 4.39. The van der Waals surface area contributed by atoms with Gasteiger partial charge in [0.15, 0.2) is 0 Å². The molecule has 0 radical (unpaired) electrons. The van der Waals surface area contributed by atoms with E-state index in [9.17, 15) is 4.39 Å². The highest BCUT2D eigenvalue weighted by molar-refractivity contribution is 5.09. The van der Waals surface area contributed by atoms with Gasteiger partial charge in [0, 0.05) is 18.8 Å². The number of hydrogen-bond acceptors (Lipinski definition) is 3. The SMILES string of the molecule is CC(CCN(C)C)NCc1cncc(F)c1. The zero-order chi connectivity index (χ0) is 12.0. The minimum absolute atomic E-state index is 0.278. The van der Waals surface area contributed by atoms with E-state index in [0.29, 0.717) is 12.6 Å². The number of rotatable bonds is 6. The van der Waals surface area contributed by atoms with Crippen molar-refractivity contribution in [3.63, 3.8) is 0 Å². The first-order valence-corrected chi connectivity index (χ1v) is 5.55. The van der Waals surface area contributed by atoms with Crippen LogP contribution in [0.3, 0.4) is 0 Å². The third-order valence-corrected chi connectivity index (χ3v) is 2.43. The molecule has 0 amide bonds. The zero-order valence-corrected chi connectivity index (χ0v) is 10.2. The van der Waals surface area contributed by atoms with Crippen LogP contribution in [0.1, 0.15) is 18.9 Å². The van der Waals surface area contributed by atoms with Gasteiger partial charge in [-0.2, -0.15) is 0 Å². The van der Waals surface area contributed by atoms with E-state index in [1.807, 2.05) is 0 Å². The minimum atomic E-state index is -0.278. The van der Waals surface area contributed by atoms with E-state index >= 15 is 0 Å². The number of pyridine rings is 1. The van der Waals surface area contributed by atoms with Crippen LogP contribution in [0, 0.1) is 5.82 Å². The average Bonchev–Trinajstić information content (AvgIpc) is 2.23. The molecule has 1 heterocycles. The minimum Gasteiger partial charge on any atom is -0.310 e. The van der Waals surface area contributed by atoms with Crippen LogP contribution in [0.2, 0.25) is 0 Å². The second-order valence-corrected chi connectivity index (χ2v) is 4.39. The Hall–Kier alpha value is -1.00. The average molecular weight is 225 g/mol. The van der Waals surface area contributed by atoms with Gasteiger partial charge < -0.3 is 10.2 Å². The Morgan fingerprint density at radius 3 is 2.81 bits per heavy atom. The highest BCUT2D eigenvalue weighted by atomic mass is 19.1. The predicted octanol–water partition coefficient (Wildman–Crippen LogP) is 1.65. The van der Waals surface area contributed by atoms with Gasteiger partial charge in [-0.3, -0.25) is 4.98 Å². The largest absolute Gasteiger partial charge is 0.310 e. The third-order valence-electron chi connectivity index (χ3n) is 2.43. The summed E-state index contributed by atoms with van der Waals surface area (Å²) in [4.78, 5) is 5.97. The fourth-order valence-corrected chi connectivity index (χ4v) is 1.40. The molecule has 0 saturated heterocycles. The van der Waals surface area contributed by atoms with Gasteiger partial charge in [-0.1, -0.05) is 0 Å². The van der Waals surface area contributed by atoms with Crippen molar-refractivity contribution in [1.29, 1.82) is 0 Å². The summed E-state index contributed by atoms with van der Waals surface area (Å²) < 4.78 is 12.8. The van der Waals surface area contributed by atoms with E-state index in [-0.39, 0.29) is 5.82 Å². The third kappa shape index (κ3) is 5.19. The maximum atomic E-state index is 12.8. The Labute approximate surface area is 96.7 Å². The van der Waals surface area contributed by atoms with Crippen molar-refractivity contribution < 1.29 is 4.39 Å². The molecule has 0 fully saturated rings. The normalized spacial score (nSPS) is 13.1. The summed E-state index contributed by atoms with van der Waals surface area (Å²) in [5.41, 5.74) is 0.886. The van der Waals surface area contributed by atoms with Gasteiger partial charge in [-0.05, 0) is 45.6 Å². The predicted molar refractivity (Wildman–Crippen MR) is 63.7 cm³/mol. The smallest absolute Gasteiger partial charge is 0.141 e. The van der Waals surface area contributed by atoms with Crippen molar-refractivity contribution in [1.82, 2.24) is 15.2 Å². The summed E-state index contributed by atoms with van der Waals surface area (Å²) >= 11 is 0. The second kappa shape index (κ2) is 6.55. The van der Waals surface area contributed by atoms with E-state index in [1.54, 1.807) is 6.20 Å². The number of nitrogens with zero attached hydrogens (tertiary/aromatic N) is 2. The van der Waals surface area contributed by atoms with Gasteiger partial charge in [0.2, 0.25) is 0 Å². The monoisotopic (exact) mass is 225 g/mol. The molecule has 1 aromatic rings. The van der Waals surface area contributed by atoms with E-state index < -0.39 is 0 Å². The highest BCUT2D eigenvalue weighted by Crippen LogP contribution is 2.01. The lowest BCUT2D eigenvalue weighted by Crippen LogP contribution is -2.29. The molecule has 0 spiro atoms. The maximum Gasteiger partial charge on any atom is 0.141 e. The fourth-order valence-electron chi connectivity index (χ4n) is 1.40. The Bertz CT molecular complexity index is 315. The van der Waals surface area contributed by atoms with Crippen LogP contribution in [0.5, 0.6) is 0 Å². The zero-order valence-electron chi connectivity index (χ0n) is 10.2. The first kappa shape index (κ1) is 13.1. The summed E-state index contributed by atoms with van der Waals surface area (Å²) in [7, 11) is 4.12. The standard InChI is InChI=1S/C12H20FN3/c1-10(4-5-16(2)3)15-8-11-6-12(13)9-14-7-11/h6-7,9-10,15H,4-5,8H2,1-3H3. The van der Waals surface area contributed by atoms with Gasteiger partial charge in [-0.25, -0.2) is 4.39 Å². The summed E-state index contributed by atoms with van der Waals surface area (Å²) in [5.74, 6) is -0.278. The van der Waals surface area contributed by atoms with Gasteiger partial charge in [0.25, 0.3) is 0 Å². The van der Waals surface area contributed by atoms with Crippen molar-refractivity contribution in [2.45, 2.75) is 25.9 Å². The van der Waals surface area contributed by atoms with E-state index in [0.717, 1.165) is 18.5 Å². The van der Waals surface area contributed by atoms with Crippen LogP contribution in [0.25, 0.3) is 0 Å². The van der Waals surface area contributed by atoms with Crippen LogP contribution < -0.4 is 5.32 Å². The van der Waals surface area contributed by atoms with Gasteiger partial charge in [0.05, 0.1) is 6.20 Å². The molecule has 0 saturated carbocycles. The first-order chi connectivity index (χ1) is 7.58. The fraction of sp³-hybridized carbons (Fsp3) is 0.583. The lowest BCUT2D eigenvalue weighted by atomic mass is 10.2. The van der Waals surface area contributed by atoms with E-state index in [2.05, 4.69) is 36.2 Å². The van der Waals surface area contributed by atoms with Crippen molar-refractivity contribution in [3.8, 4) is 0 Å². The molecular weight excluding hydrogens is 205 g/mol. The Morgan fingerprint density at radius 2 is 2.19 bits per heavy atom. The van der Waals surface area contributed by atoms with E-state index in [1.165, 1.54) is 12.3 Å². The molecule has 16 heavy (non-hydrogen) atoms. The first-order valence-electron chi connectivity index (χ1n) is 5.55. The molecule has 0 aliphatic rings. The molecule has 1 rings (SSSR count). The number of nitrogens with one attached hydrogen (secondary N) is 1. The maximum absolute atomic E-state index is 12.8. The molecule has 1 aromatic heterocycles.